The second kappa shape index (κ2) is 6.67. The zero-order valence-electron chi connectivity index (χ0n) is 13.2. The Morgan fingerprint density at radius 2 is 1.82 bits per heavy atom. The number of phenols is 1. The molecule has 0 saturated heterocycles. The fraction of sp³-hybridized carbons (Fsp3) is 0.263. The van der Waals surface area contributed by atoms with E-state index in [0.717, 1.165) is 16.7 Å². The van der Waals surface area contributed by atoms with E-state index in [2.05, 4.69) is 0 Å². The van der Waals surface area contributed by atoms with Crippen molar-refractivity contribution in [2.45, 2.75) is 25.9 Å². The fourth-order valence-corrected chi connectivity index (χ4v) is 2.55. The number of aliphatic hydroxyl groups is 1. The van der Waals surface area contributed by atoms with Crippen molar-refractivity contribution in [3.05, 3.63) is 65.2 Å². The first-order chi connectivity index (χ1) is 10.5. The summed E-state index contributed by atoms with van der Waals surface area (Å²) in [5.74, 6) is 0.882. The van der Waals surface area contributed by atoms with Crippen molar-refractivity contribution in [2.75, 3.05) is 7.11 Å². The molecule has 116 valence electrons. The van der Waals surface area contributed by atoms with Crippen LogP contribution in [0.5, 0.6) is 11.5 Å². The third-order valence-electron chi connectivity index (χ3n) is 3.65. The molecule has 0 heterocycles. The Balaban J connectivity index is 2.38. The van der Waals surface area contributed by atoms with Gasteiger partial charge in [-0.2, -0.15) is 0 Å². The molecule has 0 saturated carbocycles. The minimum absolute atomic E-state index is 0.219. The Morgan fingerprint density at radius 3 is 2.41 bits per heavy atom. The largest absolute Gasteiger partial charge is 0.508 e. The maximum atomic E-state index is 10.9. The topological polar surface area (TPSA) is 49.7 Å². The number of benzene rings is 2. The molecule has 2 aromatic carbocycles. The van der Waals surface area contributed by atoms with E-state index in [4.69, 9.17) is 4.74 Å². The minimum Gasteiger partial charge on any atom is -0.508 e. The Bertz CT molecular complexity index is 655. The summed E-state index contributed by atoms with van der Waals surface area (Å²) in [6.45, 7) is 3.73. The average molecular weight is 298 g/mol. The van der Waals surface area contributed by atoms with Gasteiger partial charge in [-0.1, -0.05) is 30.4 Å². The lowest BCUT2D eigenvalue weighted by Gasteiger charge is -2.26. The number of methoxy groups -OCH3 is 1. The van der Waals surface area contributed by atoms with Gasteiger partial charge in [0.2, 0.25) is 0 Å². The Kier molecular flexibility index (Phi) is 4.88. The standard InChI is InChI=1S/C19H22O3/c1-4-5-14-8-11-18(22-3)17(12-14)19(2,21)13-15-6-9-16(20)10-7-15/h4-12,20-21H,13H2,1-3H3/t19-/m0/s1. The van der Waals surface area contributed by atoms with E-state index in [-0.39, 0.29) is 5.75 Å². The zero-order valence-corrected chi connectivity index (χ0v) is 13.2. The van der Waals surface area contributed by atoms with Crippen molar-refractivity contribution in [1.82, 2.24) is 0 Å². The van der Waals surface area contributed by atoms with Gasteiger partial charge in [-0.3, -0.25) is 0 Å². The van der Waals surface area contributed by atoms with Gasteiger partial charge in [0.15, 0.2) is 0 Å². The van der Waals surface area contributed by atoms with Crippen molar-refractivity contribution < 1.29 is 14.9 Å². The van der Waals surface area contributed by atoms with Gasteiger partial charge in [0, 0.05) is 12.0 Å². The smallest absolute Gasteiger partial charge is 0.124 e. The molecule has 0 amide bonds. The van der Waals surface area contributed by atoms with Crippen LogP contribution in [0.25, 0.3) is 6.08 Å². The molecule has 0 radical (unpaired) electrons. The van der Waals surface area contributed by atoms with E-state index in [9.17, 15) is 10.2 Å². The quantitative estimate of drug-likeness (QED) is 0.880. The summed E-state index contributed by atoms with van der Waals surface area (Å²) in [4.78, 5) is 0. The predicted molar refractivity (Wildman–Crippen MR) is 89.1 cm³/mol. The van der Waals surface area contributed by atoms with E-state index in [1.165, 1.54) is 0 Å². The van der Waals surface area contributed by atoms with Crippen LogP contribution in [0.15, 0.2) is 48.5 Å². The van der Waals surface area contributed by atoms with Crippen LogP contribution in [0.2, 0.25) is 0 Å². The van der Waals surface area contributed by atoms with Crippen molar-refractivity contribution in [3.63, 3.8) is 0 Å². The van der Waals surface area contributed by atoms with E-state index in [1.807, 2.05) is 49.4 Å². The van der Waals surface area contributed by atoms with Gasteiger partial charge in [0.1, 0.15) is 11.5 Å². The Hall–Kier alpha value is -2.26. The lowest BCUT2D eigenvalue weighted by Crippen LogP contribution is -2.25. The van der Waals surface area contributed by atoms with Gasteiger partial charge in [0.25, 0.3) is 0 Å². The van der Waals surface area contributed by atoms with Crippen molar-refractivity contribution in [1.29, 1.82) is 0 Å². The number of aromatic hydroxyl groups is 1. The van der Waals surface area contributed by atoms with Crippen molar-refractivity contribution in [2.24, 2.45) is 0 Å². The fourth-order valence-electron chi connectivity index (χ4n) is 2.55. The van der Waals surface area contributed by atoms with Gasteiger partial charge < -0.3 is 14.9 Å². The van der Waals surface area contributed by atoms with Crippen molar-refractivity contribution >= 4 is 6.08 Å². The third kappa shape index (κ3) is 3.68. The summed E-state index contributed by atoms with van der Waals surface area (Å²) in [5.41, 5.74) is 1.64. The molecule has 22 heavy (non-hydrogen) atoms. The lowest BCUT2D eigenvalue weighted by molar-refractivity contribution is 0.0549. The van der Waals surface area contributed by atoms with Crippen LogP contribution in [0.4, 0.5) is 0 Å². The molecule has 0 unspecified atom stereocenters. The first-order valence-electron chi connectivity index (χ1n) is 7.28. The number of ether oxygens (including phenoxy) is 1. The molecule has 2 rings (SSSR count). The average Bonchev–Trinajstić information content (AvgIpc) is 2.50. The van der Waals surface area contributed by atoms with Crippen LogP contribution in [-0.2, 0) is 12.0 Å². The molecule has 0 fully saturated rings. The molecule has 1 atom stereocenters. The van der Waals surface area contributed by atoms with E-state index in [0.29, 0.717) is 12.2 Å². The second-order valence-electron chi connectivity index (χ2n) is 5.58. The maximum absolute atomic E-state index is 10.9. The first kappa shape index (κ1) is 16.1. The van der Waals surface area contributed by atoms with E-state index >= 15 is 0 Å². The number of rotatable bonds is 5. The molecule has 3 nitrogen and oxygen atoms in total. The van der Waals surface area contributed by atoms with Crippen LogP contribution in [0.1, 0.15) is 30.5 Å². The molecule has 0 bridgehead atoms. The SMILES string of the molecule is CC=Cc1ccc(OC)c([C@@](C)(O)Cc2ccc(O)cc2)c1. The first-order valence-corrected chi connectivity index (χ1v) is 7.28. The zero-order chi connectivity index (χ0) is 16.2. The highest BCUT2D eigenvalue weighted by Crippen LogP contribution is 2.34. The third-order valence-corrected chi connectivity index (χ3v) is 3.65. The van der Waals surface area contributed by atoms with Gasteiger partial charge in [0.05, 0.1) is 12.7 Å². The number of phenolic OH excluding ortho intramolecular Hbond substituents is 1. The second-order valence-corrected chi connectivity index (χ2v) is 5.58. The lowest BCUT2D eigenvalue weighted by atomic mass is 9.87. The van der Waals surface area contributed by atoms with Crippen molar-refractivity contribution in [3.8, 4) is 11.5 Å². The van der Waals surface area contributed by atoms with E-state index in [1.54, 1.807) is 26.2 Å². The summed E-state index contributed by atoms with van der Waals surface area (Å²) in [6, 6.07) is 12.6. The number of hydrogen-bond donors (Lipinski definition) is 2. The van der Waals surface area contributed by atoms with Crippen LogP contribution < -0.4 is 4.74 Å². The van der Waals surface area contributed by atoms with Crippen LogP contribution in [0, 0.1) is 0 Å². The molecule has 0 spiro atoms. The molecule has 0 aromatic heterocycles. The normalized spacial score (nSPS) is 14.0. The monoisotopic (exact) mass is 298 g/mol. The van der Waals surface area contributed by atoms with Gasteiger partial charge in [-0.15, -0.1) is 0 Å². The highest BCUT2D eigenvalue weighted by molar-refractivity contribution is 5.54. The molecule has 0 aliphatic rings. The van der Waals surface area contributed by atoms with Crippen LogP contribution >= 0.6 is 0 Å². The summed E-state index contributed by atoms with van der Waals surface area (Å²) >= 11 is 0. The Labute approximate surface area is 131 Å². The molecule has 2 N–H and O–H groups in total. The molecular weight excluding hydrogens is 276 g/mol. The summed E-state index contributed by atoms with van der Waals surface area (Å²) < 4.78 is 5.40. The molecule has 2 aromatic rings. The minimum atomic E-state index is -1.07. The van der Waals surface area contributed by atoms with Crippen LogP contribution in [-0.4, -0.2) is 17.3 Å². The predicted octanol–water partition coefficient (Wildman–Crippen LogP) is 3.88. The Morgan fingerprint density at radius 1 is 1.14 bits per heavy atom. The van der Waals surface area contributed by atoms with Gasteiger partial charge in [-0.05, 0) is 49.2 Å². The summed E-state index contributed by atoms with van der Waals surface area (Å²) in [6.07, 6.45) is 4.38. The number of allylic oxidation sites excluding steroid dienone is 1. The van der Waals surface area contributed by atoms with E-state index < -0.39 is 5.60 Å². The number of hydrogen-bond acceptors (Lipinski definition) is 3. The summed E-state index contributed by atoms with van der Waals surface area (Å²) in [5, 5.41) is 20.3. The molecule has 3 heteroatoms. The highest BCUT2D eigenvalue weighted by Gasteiger charge is 2.27. The molecule has 0 aliphatic carbocycles. The molecule has 0 aliphatic heterocycles. The van der Waals surface area contributed by atoms with Gasteiger partial charge >= 0.3 is 0 Å². The molecular formula is C19H22O3. The maximum Gasteiger partial charge on any atom is 0.124 e. The van der Waals surface area contributed by atoms with Crippen LogP contribution in [0.3, 0.4) is 0 Å². The highest BCUT2D eigenvalue weighted by atomic mass is 16.5. The van der Waals surface area contributed by atoms with Gasteiger partial charge in [-0.25, -0.2) is 0 Å². The summed E-state index contributed by atoms with van der Waals surface area (Å²) in [7, 11) is 1.60.